The largest absolute Gasteiger partial charge is 0.370 e. The molecule has 0 saturated carbocycles. The molecule has 0 aliphatic rings. The van der Waals surface area contributed by atoms with Crippen molar-refractivity contribution in [1.29, 1.82) is 0 Å². The molecule has 100 valence electrons. The van der Waals surface area contributed by atoms with E-state index >= 15 is 0 Å². The van der Waals surface area contributed by atoms with Crippen LogP contribution < -0.4 is 11.1 Å². The van der Waals surface area contributed by atoms with E-state index < -0.39 is 5.54 Å². The van der Waals surface area contributed by atoms with Crippen molar-refractivity contribution >= 4 is 22.8 Å². The minimum Gasteiger partial charge on any atom is -0.370 e. The molecule has 0 fully saturated rings. The molecule has 5 nitrogen and oxygen atoms in total. The van der Waals surface area contributed by atoms with Crippen LogP contribution in [0.1, 0.15) is 26.0 Å². The van der Waals surface area contributed by atoms with E-state index in [9.17, 15) is 4.79 Å². The van der Waals surface area contributed by atoms with Crippen molar-refractivity contribution in [3.63, 3.8) is 0 Å². The number of carbonyl (C=O) groups excluding carboxylic acids is 1. The summed E-state index contributed by atoms with van der Waals surface area (Å²) >= 11 is 0. The van der Waals surface area contributed by atoms with Crippen LogP contribution in [0.5, 0.6) is 0 Å². The summed E-state index contributed by atoms with van der Waals surface area (Å²) in [6.45, 7) is 5.71. The number of primary amides is 1. The average molecular weight is 258 g/mol. The van der Waals surface area contributed by atoms with Gasteiger partial charge in [-0.05, 0) is 32.9 Å². The molecule has 5 heteroatoms. The van der Waals surface area contributed by atoms with E-state index in [1.807, 2.05) is 45.0 Å². The maximum absolute atomic E-state index is 11.0. The van der Waals surface area contributed by atoms with Gasteiger partial charge in [-0.3, -0.25) is 4.79 Å². The number of amides is 1. The number of hydrogen-bond acceptors (Lipinski definition) is 4. The number of nitrogens with two attached hydrogens (primary N) is 1. The van der Waals surface area contributed by atoms with Crippen molar-refractivity contribution in [2.75, 3.05) is 5.32 Å². The van der Waals surface area contributed by atoms with Crippen LogP contribution in [-0.4, -0.2) is 21.4 Å². The molecule has 1 heterocycles. The number of benzene rings is 1. The number of fused-ring (bicyclic) bond motifs is 1. The number of aryl methyl sites for hydroxylation is 1. The Labute approximate surface area is 112 Å². The van der Waals surface area contributed by atoms with E-state index in [4.69, 9.17) is 5.73 Å². The van der Waals surface area contributed by atoms with Crippen LogP contribution in [0.2, 0.25) is 0 Å². The van der Waals surface area contributed by atoms with Crippen molar-refractivity contribution in [1.82, 2.24) is 9.97 Å². The lowest BCUT2D eigenvalue weighted by atomic mass is 10.0. The third-order valence-electron chi connectivity index (χ3n) is 2.82. The second kappa shape index (κ2) is 4.84. The number of nitrogens with one attached hydrogen (secondary N) is 1. The molecule has 1 aromatic heterocycles. The smallest absolute Gasteiger partial charge is 0.219 e. The van der Waals surface area contributed by atoms with Gasteiger partial charge in [0.2, 0.25) is 5.91 Å². The summed E-state index contributed by atoms with van der Waals surface area (Å²) in [6.07, 6.45) is 0.237. The second-order valence-corrected chi connectivity index (χ2v) is 5.30. The standard InChI is InChI=1S/C14H18N4O/c1-9-13(18-14(2,3)8-12(15)19)17-11-7-5-4-6-10(11)16-9/h4-7H,8H2,1-3H3,(H2,15,19)(H,17,18). The topological polar surface area (TPSA) is 80.9 Å². The number of para-hydroxylation sites is 2. The Bertz CT molecular complexity index is 622. The molecule has 0 saturated heterocycles. The normalized spacial score (nSPS) is 11.5. The number of anilines is 1. The van der Waals surface area contributed by atoms with Crippen molar-refractivity contribution < 1.29 is 4.79 Å². The van der Waals surface area contributed by atoms with Crippen LogP contribution in [-0.2, 0) is 4.79 Å². The van der Waals surface area contributed by atoms with Gasteiger partial charge in [0.25, 0.3) is 0 Å². The first-order chi connectivity index (χ1) is 8.87. The maximum Gasteiger partial charge on any atom is 0.219 e. The fourth-order valence-corrected chi connectivity index (χ4v) is 2.01. The van der Waals surface area contributed by atoms with Gasteiger partial charge in [-0.1, -0.05) is 12.1 Å². The number of nitrogens with zero attached hydrogens (tertiary/aromatic N) is 2. The molecular weight excluding hydrogens is 240 g/mol. The first-order valence-electron chi connectivity index (χ1n) is 6.17. The zero-order valence-corrected chi connectivity index (χ0v) is 11.4. The molecule has 0 radical (unpaired) electrons. The SMILES string of the molecule is Cc1nc2ccccc2nc1NC(C)(C)CC(N)=O. The van der Waals surface area contributed by atoms with Crippen LogP contribution in [0, 0.1) is 6.92 Å². The predicted octanol–water partition coefficient (Wildman–Crippen LogP) is 2.00. The van der Waals surface area contributed by atoms with Gasteiger partial charge in [0, 0.05) is 12.0 Å². The Balaban J connectivity index is 2.34. The van der Waals surface area contributed by atoms with E-state index in [1.165, 1.54) is 0 Å². The fraction of sp³-hybridized carbons (Fsp3) is 0.357. The first-order valence-corrected chi connectivity index (χ1v) is 6.17. The summed E-state index contributed by atoms with van der Waals surface area (Å²) in [5.41, 5.74) is 7.28. The Morgan fingerprint density at radius 1 is 1.26 bits per heavy atom. The van der Waals surface area contributed by atoms with Crippen molar-refractivity contribution in [3.05, 3.63) is 30.0 Å². The Hall–Kier alpha value is -2.17. The van der Waals surface area contributed by atoms with Gasteiger partial charge >= 0.3 is 0 Å². The number of carbonyl (C=O) groups is 1. The zero-order chi connectivity index (χ0) is 14.0. The van der Waals surface area contributed by atoms with Crippen LogP contribution in [0.3, 0.4) is 0 Å². The first kappa shape index (κ1) is 13.3. The monoisotopic (exact) mass is 258 g/mol. The van der Waals surface area contributed by atoms with Gasteiger partial charge in [-0.25, -0.2) is 9.97 Å². The van der Waals surface area contributed by atoms with Crippen molar-refractivity contribution in [2.24, 2.45) is 5.73 Å². The summed E-state index contributed by atoms with van der Waals surface area (Å²) in [7, 11) is 0. The Morgan fingerprint density at radius 3 is 2.42 bits per heavy atom. The quantitative estimate of drug-likeness (QED) is 0.879. The Kier molecular flexibility index (Phi) is 3.38. The highest BCUT2D eigenvalue weighted by atomic mass is 16.1. The molecule has 0 aliphatic carbocycles. The minimum atomic E-state index is -0.451. The fourth-order valence-electron chi connectivity index (χ4n) is 2.01. The Morgan fingerprint density at radius 2 is 1.84 bits per heavy atom. The average Bonchev–Trinajstić information content (AvgIpc) is 2.27. The minimum absolute atomic E-state index is 0.237. The lowest BCUT2D eigenvalue weighted by Crippen LogP contribution is -2.36. The highest BCUT2D eigenvalue weighted by Crippen LogP contribution is 2.21. The number of aromatic nitrogens is 2. The van der Waals surface area contributed by atoms with Crippen LogP contribution in [0.4, 0.5) is 5.82 Å². The lowest BCUT2D eigenvalue weighted by molar-refractivity contribution is -0.118. The summed E-state index contributed by atoms with van der Waals surface area (Å²) in [4.78, 5) is 20.1. The van der Waals surface area contributed by atoms with Crippen LogP contribution in [0.15, 0.2) is 24.3 Å². The van der Waals surface area contributed by atoms with E-state index in [1.54, 1.807) is 0 Å². The van der Waals surface area contributed by atoms with E-state index in [-0.39, 0.29) is 12.3 Å². The van der Waals surface area contributed by atoms with E-state index in [0.717, 1.165) is 16.7 Å². The summed E-state index contributed by atoms with van der Waals surface area (Å²) in [5, 5.41) is 3.24. The molecule has 2 aromatic rings. The van der Waals surface area contributed by atoms with Crippen LogP contribution in [0.25, 0.3) is 11.0 Å². The molecule has 0 aliphatic heterocycles. The van der Waals surface area contributed by atoms with Crippen molar-refractivity contribution in [3.8, 4) is 0 Å². The summed E-state index contributed by atoms with van der Waals surface area (Å²) < 4.78 is 0. The van der Waals surface area contributed by atoms with E-state index in [0.29, 0.717) is 5.82 Å². The molecule has 0 bridgehead atoms. The predicted molar refractivity (Wildman–Crippen MR) is 75.8 cm³/mol. The van der Waals surface area contributed by atoms with Gasteiger partial charge in [0.1, 0.15) is 5.82 Å². The summed E-state index contributed by atoms with van der Waals surface area (Å²) in [5.74, 6) is 0.342. The molecule has 0 spiro atoms. The highest BCUT2D eigenvalue weighted by molar-refractivity contribution is 5.77. The van der Waals surface area contributed by atoms with Gasteiger partial charge in [0.05, 0.1) is 16.7 Å². The molecule has 3 N–H and O–H groups in total. The van der Waals surface area contributed by atoms with Gasteiger partial charge in [-0.2, -0.15) is 0 Å². The third kappa shape index (κ3) is 3.19. The van der Waals surface area contributed by atoms with Gasteiger partial charge < -0.3 is 11.1 Å². The molecule has 19 heavy (non-hydrogen) atoms. The van der Waals surface area contributed by atoms with E-state index in [2.05, 4.69) is 15.3 Å². The zero-order valence-electron chi connectivity index (χ0n) is 11.4. The van der Waals surface area contributed by atoms with Gasteiger partial charge in [0.15, 0.2) is 0 Å². The molecule has 1 amide bonds. The number of rotatable bonds is 4. The maximum atomic E-state index is 11.0. The molecular formula is C14H18N4O. The molecule has 2 rings (SSSR count). The molecule has 0 atom stereocenters. The summed E-state index contributed by atoms with van der Waals surface area (Å²) in [6, 6.07) is 7.69. The molecule has 1 aromatic carbocycles. The third-order valence-corrected chi connectivity index (χ3v) is 2.82. The lowest BCUT2D eigenvalue weighted by Gasteiger charge is -2.26. The van der Waals surface area contributed by atoms with Crippen LogP contribution >= 0.6 is 0 Å². The van der Waals surface area contributed by atoms with Crippen molar-refractivity contribution in [2.45, 2.75) is 32.7 Å². The number of hydrogen-bond donors (Lipinski definition) is 2. The molecule has 0 unspecified atom stereocenters. The second-order valence-electron chi connectivity index (χ2n) is 5.30. The van der Waals surface area contributed by atoms with Gasteiger partial charge in [-0.15, -0.1) is 0 Å². The highest BCUT2D eigenvalue weighted by Gasteiger charge is 2.22.